The summed E-state index contributed by atoms with van der Waals surface area (Å²) in [6, 6.07) is 7.22. The average Bonchev–Trinajstić information content (AvgIpc) is 2.25. The van der Waals surface area contributed by atoms with E-state index in [4.69, 9.17) is 0 Å². The lowest BCUT2D eigenvalue weighted by molar-refractivity contribution is -0.114. The van der Waals surface area contributed by atoms with Crippen LogP contribution in [0.25, 0.3) is 10.8 Å². The van der Waals surface area contributed by atoms with Gasteiger partial charge in [-0.1, -0.05) is 18.2 Å². The summed E-state index contributed by atoms with van der Waals surface area (Å²) in [6.07, 6.45) is 1.63. The first-order chi connectivity index (χ1) is 7.59. The maximum Gasteiger partial charge on any atom is 0.258 e. The Morgan fingerprint density at radius 1 is 1.25 bits per heavy atom. The molecule has 2 rings (SSSR count). The quantitative estimate of drug-likeness (QED) is 0.785. The molecule has 0 bridgehead atoms. The van der Waals surface area contributed by atoms with Crippen molar-refractivity contribution in [3.05, 3.63) is 40.8 Å². The number of nitrogens with one attached hydrogen (secondary N) is 1. The van der Waals surface area contributed by atoms with Gasteiger partial charge in [-0.3, -0.25) is 9.59 Å². The number of hydrogen-bond acceptors (Lipinski definition) is 2. The van der Waals surface area contributed by atoms with Crippen LogP contribution in [-0.4, -0.2) is 10.5 Å². The lowest BCUT2D eigenvalue weighted by atomic mass is 10.1. The molecule has 0 fully saturated rings. The number of amides is 1. The van der Waals surface area contributed by atoms with E-state index in [2.05, 4.69) is 5.32 Å². The van der Waals surface area contributed by atoms with Crippen molar-refractivity contribution in [2.24, 2.45) is 7.05 Å². The Labute approximate surface area is 92.5 Å². The first-order valence-corrected chi connectivity index (χ1v) is 4.95. The number of rotatable bonds is 1. The smallest absolute Gasteiger partial charge is 0.258 e. The summed E-state index contributed by atoms with van der Waals surface area (Å²) in [6.45, 7) is 1.44. The van der Waals surface area contributed by atoms with Gasteiger partial charge in [-0.2, -0.15) is 0 Å². The zero-order valence-corrected chi connectivity index (χ0v) is 9.15. The number of carbonyl (C=O) groups is 1. The Bertz CT molecular complexity index is 614. The minimum absolute atomic E-state index is 0.0651. The molecule has 0 spiro atoms. The molecule has 1 N–H and O–H groups in total. The molecule has 0 radical (unpaired) electrons. The van der Waals surface area contributed by atoms with Crippen molar-refractivity contribution in [2.45, 2.75) is 6.92 Å². The van der Waals surface area contributed by atoms with E-state index in [1.807, 2.05) is 12.1 Å². The van der Waals surface area contributed by atoms with Crippen molar-refractivity contribution in [3.63, 3.8) is 0 Å². The second-order valence-corrected chi connectivity index (χ2v) is 3.69. The summed E-state index contributed by atoms with van der Waals surface area (Å²) in [5.41, 5.74) is 0.593. The third kappa shape index (κ3) is 1.69. The number of aromatic nitrogens is 1. The summed E-state index contributed by atoms with van der Waals surface area (Å²) in [5, 5.41) is 4.09. The molecule has 0 atom stereocenters. The van der Waals surface area contributed by atoms with Crippen molar-refractivity contribution in [1.82, 2.24) is 4.57 Å². The Hall–Kier alpha value is -2.10. The van der Waals surface area contributed by atoms with E-state index in [9.17, 15) is 9.59 Å². The van der Waals surface area contributed by atoms with Crippen molar-refractivity contribution >= 4 is 22.4 Å². The molecule has 0 saturated heterocycles. The third-order valence-corrected chi connectivity index (χ3v) is 2.40. The fourth-order valence-electron chi connectivity index (χ4n) is 1.71. The van der Waals surface area contributed by atoms with Crippen LogP contribution >= 0.6 is 0 Å². The first-order valence-electron chi connectivity index (χ1n) is 4.95. The third-order valence-electron chi connectivity index (χ3n) is 2.40. The van der Waals surface area contributed by atoms with E-state index in [0.717, 1.165) is 5.39 Å². The standard InChI is InChI=1S/C12H12N2O2/c1-8(15)13-11-7-14(2)12(16)10-6-4-3-5-9(10)11/h3-7H,1-2H3,(H,13,15). The number of pyridine rings is 1. The Kier molecular flexibility index (Phi) is 2.48. The number of benzene rings is 1. The topological polar surface area (TPSA) is 51.1 Å². The molecule has 1 amide bonds. The fraction of sp³-hybridized carbons (Fsp3) is 0.167. The van der Waals surface area contributed by atoms with Gasteiger partial charge < -0.3 is 9.88 Å². The molecule has 4 heteroatoms. The van der Waals surface area contributed by atoms with Crippen LogP contribution in [0.5, 0.6) is 0 Å². The molecule has 1 aromatic carbocycles. The number of fused-ring (bicyclic) bond motifs is 1. The van der Waals surface area contributed by atoms with Crippen LogP contribution in [0.2, 0.25) is 0 Å². The number of hydrogen-bond donors (Lipinski definition) is 1. The minimum Gasteiger partial charge on any atom is -0.325 e. The van der Waals surface area contributed by atoms with E-state index < -0.39 is 0 Å². The Balaban J connectivity index is 2.79. The predicted molar refractivity (Wildman–Crippen MR) is 63.5 cm³/mol. The summed E-state index contributed by atoms with van der Waals surface area (Å²) in [5.74, 6) is -0.149. The number of nitrogens with zero attached hydrogens (tertiary/aromatic N) is 1. The summed E-state index contributed by atoms with van der Waals surface area (Å²) in [7, 11) is 1.67. The molecule has 0 aliphatic heterocycles. The lowest BCUT2D eigenvalue weighted by Gasteiger charge is -2.08. The van der Waals surface area contributed by atoms with Gasteiger partial charge in [-0.05, 0) is 6.07 Å². The Morgan fingerprint density at radius 2 is 1.88 bits per heavy atom. The maximum atomic E-state index is 11.8. The molecule has 0 aliphatic rings. The first kappa shape index (κ1) is 10.4. The molecular weight excluding hydrogens is 204 g/mol. The van der Waals surface area contributed by atoms with Gasteiger partial charge in [0.2, 0.25) is 5.91 Å². The van der Waals surface area contributed by atoms with E-state index >= 15 is 0 Å². The van der Waals surface area contributed by atoms with Crippen LogP contribution in [0.15, 0.2) is 35.3 Å². The van der Waals surface area contributed by atoms with Crippen LogP contribution < -0.4 is 10.9 Å². The second-order valence-electron chi connectivity index (χ2n) is 3.69. The molecular formula is C12H12N2O2. The van der Waals surface area contributed by atoms with Gasteiger partial charge in [0.25, 0.3) is 5.56 Å². The van der Waals surface area contributed by atoms with Crippen LogP contribution in [0.4, 0.5) is 5.69 Å². The highest BCUT2D eigenvalue weighted by Crippen LogP contribution is 2.19. The highest BCUT2D eigenvalue weighted by molar-refractivity contribution is 6.00. The van der Waals surface area contributed by atoms with E-state index in [1.54, 1.807) is 25.4 Å². The van der Waals surface area contributed by atoms with Gasteiger partial charge in [-0.15, -0.1) is 0 Å². The molecule has 0 saturated carbocycles. The van der Waals surface area contributed by atoms with Crippen molar-refractivity contribution in [2.75, 3.05) is 5.32 Å². The zero-order valence-electron chi connectivity index (χ0n) is 9.15. The zero-order chi connectivity index (χ0) is 11.7. The Morgan fingerprint density at radius 3 is 2.50 bits per heavy atom. The second kappa shape index (κ2) is 3.81. The van der Waals surface area contributed by atoms with Crippen molar-refractivity contribution < 1.29 is 4.79 Å². The number of anilines is 1. The monoisotopic (exact) mass is 216 g/mol. The number of aryl methyl sites for hydroxylation is 1. The van der Waals surface area contributed by atoms with Gasteiger partial charge in [0, 0.05) is 30.9 Å². The van der Waals surface area contributed by atoms with Crippen LogP contribution in [0, 0.1) is 0 Å². The lowest BCUT2D eigenvalue weighted by Crippen LogP contribution is -2.18. The van der Waals surface area contributed by atoms with Gasteiger partial charge in [0.15, 0.2) is 0 Å². The fourth-order valence-corrected chi connectivity index (χ4v) is 1.71. The highest BCUT2D eigenvalue weighted by Gasteiger charge is 2.06. The van der Waals surface area contributed by atoms with Gasteiger partial charge in [0.1, 0.15) is 0 Å². The molecule has 4 nitrogen and oxygen atoms in total. The molecule has 0 aliphatic carbocycles. The SMILES string of the molecule is CC(=O)Nc1cn(C)c(=O)c2ccccc12. The van der Waals surface area contributed by atoms with Gasteiger partial charge in [-0.25, -0.2) is 0 Å². The van der Waals surface area contributed by atoms with Crippen molar-refractivity contribution in [1.29, 1.82) is 0 Å². The van der Waals surface area contributed by atoms with E-state index in [0.29, 0.717) is 11.1 Å². The molecule has 82 valence electrons. The van der Waals surface area contributed by atoms with E-state index in [1.165, 1.54) is 11.5 Å². The summed E-state index contributed by atoms with van der Waals surface area (Å²) in [4.78, 5) is 22.9. The summed E-state index contributed by atoms with van der Waals surface area (Å²) < 4.78 is 1.47. The number of carbonyl (C=O) groups excluding carboxylic acids is 1. The minimum atomic E-state index is -0.149. The average molecular weight is 216 g/mol. The van der Waals surface area contributed by atoms with Crippen LogP contribution in [0.3, 0.4) is 0 Å². The highest BCUT2D eigenvalue weighted by atomic mass is 16.1. The normalized spacial score (nSPS) is 10.4. The van der Waals surface area contributed by atoms with Crippen LogP contribution in [-0.2, 0) is 11.8 Å². The molecule has 0 unspecified atom stereocenters. The van der Waals surface area contributed by atoms with Crippen LogP contribution in [0.1, 0.15) is 6.92 Å². The van der Waals surface area contributed by atoms with E-state index in [-0.39, 0.29) is 11.5 Å². The van der Waals surface area contributed by atoms with Gasteiger partial charge >= 0.3 is 0 Å². The molecule has 16 heavy (non-hydrogen) atoms. The van der Waals surface area contributed by atoms with Crippen molar-refractivity contribution in [3.8, 4) is 0 Å². The largest absolute Gasteiger partial charge is 0.325 e. The summed E-state index contributed by atoms with van der Waals surface area (Å²) >= 11 is 0. The predicted octanol–water partition coefficient (Wildman–Crippen LogP) is 1.50. The maximum absolute atomic E-state index is 11.8. The van der Waals surface area contributed by atoms with Gasteiger partial charge in [0.05, 0.1) is 5.69 Å². The molecule has 1 aromatic heterocycles. The molecule has 2 aromatic rings. The molecule has 1 heterocycles.